The summed E-state index contributed by atoms with van der Waals surface area (Å²) in [5, 5.41) is 4.04. The highest BCUT2D eigenvalue weighted by molar-refractivity contribution is 7.18. The standard InChI is InChI=1S/C19H21N3OS/c1-22(13-15-7-3-2-4-8-15)14-18(23)20-12-11-19-21-16-9-5-6-10-17(16)24-19/h2-10H,11-14H2,1H3,(H,20,23). The Labute approximate surface area is 146 Å². The van der Waals surface area contributed by atoms with E-state index in [2.05, 4.69) is 28.5 Å². The van der Waals surface area contributed by atoms with Gasteiger partial charge in [0.05, 0.1) is 21.8 Å². The number of benzene rings is 2. The number of fused-ring (bicyclic) bond motifs is 1. The smallest absolute Gasteiger partial charge is 0.234 e. The molecule has 24 heavy (non-hydrogen) atoms. The second-order valence-electron chi connectivity index (χ2n) is 5.83. The average Bonchev–Trinajstić information content (AvgIpc) is 2.98. The van der Waals surface area contributed by atoms with Gasteiger partial charge in [-0.1, -0.05) is 42.5 Å². The first-order chi connectivity index (χ1) is 11.7. The molecular formula is C19H21N3OS. The minimum Gasteiger partial charge on any atom is -0.355 e. The van der Waals surface area contributed by atoms with E-state index in [1.54, 1.807) is 11.3 Å². The van der Waals surface area contributed by atoms with Gasteiger partial charge < -0.3 is 5.32 Å². The van der Waals surface area contributed by atoms with Crippen LogP contribution in [0.1, 0.15) is 10.6 Å². The molecule has 0 unspecified atom stereocenters. The van der Waals surface area contributed by atoms with Crippen LogP contribution in [0.3, 0.4) is 0 Å². The molecule has 0 saturated carbocycles. The van der Waals surface area contributed by atoms with Gasteiger partial charge in [-0.15, -0.1) is 11.3 Å². The summed E-state index contributed by atoms with van der Waals surface area (Å²) in [6.45, 7) is 1.79. The Morgan fingerprint density at radius 3 is 2.67 bits per heavy atom. The molecule has 2 aromatic carbocycles. The molecule has 0 aliphatic heterocycles. The van der Waals surface area contributed by atoms with Crippen molar-refractivity contribution in [1.29, 1.82) is 0 Å². The molecule has 1 amide bonds. The average molecular weight is 339 g/mol. The van der Waals surface area contributed by atoms with Gasteiger partial charge in [0.25, 0.3) is 0 Å². The van der Waals surface area contributed by atoms with Crippen LogP contribution in [0.25, 0.3) is 10.2 Å². The molecule has 1 N–H and O–H groups in total. The van der Waals surface area contributed by atoms with Gasteiger partial charge in [-0.05, 0) is 24.7 Å². The van der Waals surface area contributed by atoms with E-state index in [0.717, 1.165) is 23.5 Å². The van der Waals surface area contributed by atoms with E-state index in [9.17, 15) is 4.79 Å². The fourth-order valence-corrected chi connectivity index (χ4v) is 3.55. The maximum absolute atomic E-state index is 12.0. The van der Waals surface area contributed by atoms with Crippen molar-refractivity contribution in [1.82, 2.24) is 15.2 Å². The predicted molar refractivity (Wildman–Crippen MR) is 99.1 cm³/mol. The largest absolute Gasteiger partial charge is 0.355 e. The number of amides is 1. The SMILES string of the molecule is CN(CC(=O)NCCc1nc2ccccc2s1)Cc1ccccc1. The fraction of sp³-hybridized carbons (Fsp3) is 0.263. The molecule has 0 saturated heterocycles. The molecule has 0 aliphatic rings. The second-order valence-corrected chi connectivity index (χ2v) is 6.95. The van der Waals surface area contributed by atoms with Crippen molar-refractivity contribution in [2.75, 3.05) is 20.1 Å². The molecule has 1 aromatic heterocycles. The van der Waals surface area contributed by atoms with Gasteiger partial charge >= 0.3 is 0 Å². The van der Waals surface area contributed by atoms with Crippen molar-refractivity contribution in [3.63, 3.8) is 0 Å². The normalized spacial score (nSPS) is 11.1. The molecule has 0 aliphatic carbocycles. The third-order valence-corrected chi connectivity index (χ3v) is 4.80. The van der Waals surface area contributed by atoms with E-state index in [-0.39, 0.29) is 5.91 Å². The lowest BCUT2D eigenvalue weighted by molar-refractivity contribution is -0.122. The highest BCUT2D eigenvalue weighted by atomic mass is 32.1. The van der Waals surface area contributed by atoms with Gasteiger partial charge in [-0.25, -0.2) is 4.98 Å². The number of hydrogen-bond donors (Lipinski definition) is 1. The van der Waals surface area contributed by atoms with Crippen LogP contribution in [0.4, 0.5) is 0 Å². The Balaban J connectivity index is 1.42. The lowest BCUT2D eigenvalue weighted by Crippen LogP contribution is -2.35. The summed E-state index contributed by atoms with van der Waals surface area (Å²) >= 11 is 1.69. The van der Waals surface area contributed by atoms with E-state index in [1.807, 2.05) is 48.3 Å². The Bertz CT molecular complexity index is 767. The van der Waals surface area contributed by atoms with E-state index in [1.165, 1.54) is 10.3 Å². The number of nitrogens with one attached hydrogen (secondary N) is 1. The zero-order valence-electron chi connectivity index (χ0n) is 13.7. The van der Waals surface area contributed by atoms with Crippen LogP contribution in [0.2, 0.25) is 0 Å². The molecule has 0 bridgehead atoms. The van der Waals surface area contributed by atoms with E-state index in [4.69, 9.17) is 0 Å². The molecule has 0 spiro atoms. The number of nitrogens with zero attached hydrogens (tertiary/aromatic N) is 2. The summed E-state index contributed by atoms with van der Waals surface area (Å²) in [6, 6.07) is 18.3. The summed E-state index contributed by atoms with van der Waals surface area (Å²) in [5.41, 5.74) is 2.24. The van der Waals surface area contributed by atoms with Crippen molar-refractivity contribution in [3.8, 4) is 0 Å². The van der Waals surface area contributed by atoms with Crippen LogP contribution in [0.5, 0.6) is 0 Å². The summed E-state index contributed by atoms with van der Waals surface area (Å²) < 4.78 is 1.20. The molecule has 124 valence electrons. The second kappa shape index (κ2) is 8.04. The third kappa shape index (κ3) is 4.63. The lowest BCUT2D eigenvalue weighted by Gasteiger charge is -2.16. The molecular weight excluding hydrogens is 318 g/mol. The summed E-state index contributed by atoms with van der Waals surface area (Å²) in [5.74, 6) is 0.0505. The molecule has 5 heteroatoms. The molecule has 3 aromatic rings. The number of likely N-dealkylation sites (N-methyl/N-ethyl adjacent to an activating group) is 1. The quantitative estimate of drug-likeness (QED) is 0.719. The monoisotopic (exact) mass is 339 g/mol. The van der Waals surface area contributed by atoms with Crippen LogP contribution in [-0.4, -0.2) is 35.9 Å². The first kappa shape index (κ1) is 16.6. The van der Waals surface area contributed by atoms with Gasteiger partial charge in [0, 0.05) is 19.5 Å². The van der Waals surface area contributed by atoms with E-state index < -0.39 is 0 Å². The van der Waals surface area contributed by atoms with E-state index in [0.29, 0.717) is 13.1 Å². The molecule has 0 atom stereocenters. The number of hydrogen-bond acceptors (Lipinski definition) is 4. The number of carbonyl (C=O) groups is 1. The minimum atomic E-state index is 0.0505. The van der Waals surface area contributed by atoms with Crippen molar-refractivity contribution in [3.05, 3.63) is 65.2 Å². The first-order valence-corrected chi connectivity index (χ1v) is 8.86. The van der Waals surface area contributed by atoms with Crippen molar-refractivity contribution in [2.24, 2.45) is 0 Å². The van der Waals surface area contributed by atoms with Crippen LogP contribution in [0, 0.1) is 0 Å². The Kier molecular flexibility index (Phi) is 5.56. The molecule has 1 heterocycles. The minimum absolute atomic E-state index is 0.0505. The number of carbonyl (C=O) groups excluding carboxylic acids is 1. The van der Waals surface area contributed by atoms with Gasteiger partial charge in [-0.2, -0.15) is 0 Å². The molecule has 0 radical (unpaired) electrons. The van der Waals surface area contributed by atoms with Crippen molar-refractivity contribution >= 4 is 27.5 Å². The molecule has 0 fully saturated rings. The third-order valence-electron chi connectivity index (χ3n) is 3.71. The number of thiazole rings is 1. The molecule has 4 nitrogen and oxygen atoms in total. The van der Waals surface area contributed by atoms with Crippen LogP contribution >= 0.6 is 11.3 Å². The molecule has 3 rings (SSSR count). The predicted octanol–water partition coefficient (Wildman–Crippen LogP) is 3.09. The number of para-hydroxylation sites is 1. The zero-order valence-corrected chi connectivity index (χ0v) is 14.6. The van der Waals surface area contributed by atoms with Gasteiger partial charge in [-0.3, -0.25) is 9.69 Å². The zero-order chi connectivity index (χ0) is 16.8. The van der Waals surface area contributed by atoms with Crippen molar-refractivity contribution < 1.29 is 4.79 Å². The summed E-state index contributed by atoms with van der Waals surface area (Å²) in [4.78, 5) is 18.6. The van der Waals surface area contributed by atoms with Crippen LogP contribution in [-0.2, 0) is 17.8 Å². The lowest BCUT2D eigenvalue weighted by atomic mass is 10.2. The van der Waals surface area contributed by atoms with Crippen LogP contribution in [0.15, 0.2) is 54.6 Å². The van der Waals surface area contributed by atoms with Crippen molar-refractivity contribution in [2.45, 2.75) is 13.0 Å². The van der Waals surface area contributed by atoms with Gasteiger partial charge in [0.1, 0.15) is 0 Å². The Morgan fingerprint density at radius 2 is 1.88 bits per heavy atom. The highest BCUT2D eigenvalue weighted by Crippen LogP contribution is 2.21. The Morgan fingerprint density at radius 1 is 1.12 bits per heavy atom. The summed E-state index contributed by atoms with van der Waals surface area (Å²) in [7, 11) is 1.96. The number of rotatable bonds is 7. The van der Waals surface area contributed by atoms with E-state index >= 15 is 0 Å². The maximum Gasteiger partial charge on any atom is 0.234 e. The van der Waals surface area contributed by atoms with Crippen LogP contribution < -0.4 is 5.32 Å². The number of aromatic nitrogens is 1. The van der Waals surface area contributed by atoms with Gasteiger partial charge in [0.2, 0.25) is 5.91 Å². The summed E-state index contributed by atoms with van der Waals surface area (Å²) in [6.07, 6.45) is 0.771. The highest BCUT2D eigenvalue weighted by Gasteiger charge is 2.08. The Hall–Kier alpha value is -2.24. The maximum atomic E-state index is 12.0. The first-order valence-electron chi connectivity index (χ1n) is 8.04. The topological polar surface area (TPSA) is 45.2 Å². The van der Waals surface area contributed by atoms with Gasteiger partial charge in [0.15, 0.2) is 0 Å². The fourth-order valence-electron chi connectivity index (χ4n) is 2.59.